The summed E-state index contributed by atoms with van der Waals surface area (Å²) in [5.41, 5.74) is 0.986. The first-order chi connectivity index (χ1) is 9.53. The van der Waals surface area contributed by atoms with Gasteiger partial charge in [-0.05, 0) is 32.8 Å². The average molecular weight is 295 g/mol. The highest BCUT2D eigenvalue weighted by molar-refractivity contribution is 8.00. The van der Waals surface area contributed by atoms with E-state index in [9.17, 15) is 4.39 Å². The number of thioether (sulfide) groups is 1. The minimum Gasteiger partial charge on any atom is -0.354 e. The van der Waals surface area contributed by atoms with Crippen molar-refractivity contribution in [1.29, 1.82) is 0 Å². The molecule has 1 aliphatic heterocycles. The molecule has 2 aliphatic rings. The van der Waals surface area contributed by atoms with Crippen molar-refractivity contribution in [1.82, 2.24) is 10.3 Å². The SMILES string of the molecule is CC1(C)CN(c2ncc(F)cc2CNC2CC2)CCS1. The summed E-state index contributed by atoms with van der Waals surface area (Å²) in [4.78, 5) is 6.67. The number of pyridine rings is 1. The van der Waals surface area contributed by atoms with Crippen LogP contribution in [0.2, 0.25) is 0 Å². The van der Waals surface area contributed by atoms with Crippen molar-refractivity contribution in [3.63, 3.8) is 0 Å². The zero-order chi connectivity index (χ0) is 14.2. The third-order valence-corrected chi connectivity index (χ3v) is 5.09. The number of anilines is 1. The number of hydrogen-bond donors (Lipinski definition) is 1. The normalized spacial score (nSPS) is 22.1. The molecule has 110 valence electrons. The average Bonchev–Trinajstić information content (AvgIpc) is 3.19. The number of aromatic nitrogens is 1. The molecule has 0 bridgehead atoms. The minimum atomic E-state index is -0.244. The molecule has 1 aliphatic carbocycles. The van der Waals surface area contributed by atoms with Crippen molar-refractivity contribution in [2.75, 3.05) is 23.7 Å². The molecule has 0 unspecified atom stereocenters. The zero-order valence-electron chi connectivity index (χ0n) is 12.2. The fourth-order valence-electron chi connectivity index (χ4n) is 2.63. The first kappa shape index (κ1) is 14.1. The van der Waals surface area contributed by atoms with Crippen LogP contribution in [0.1, 0.15) is 32.3 Å². The number of rotatable bonds is 4. The molecule has 1 aromatic heterocycles. The summed E-state index contributed by atoms with van der Waals surface area (Å²) in [7, 11) is 0. The first-order valence-electron chi connectivity index (χ1n) is 7.30. The van der Waals surface area contributed by atoms with E-state index in [-0.39, 0.29) is 10.6 Å². The largest absolute Gasteiger partial charge is 0.354 e. The van der Waals surface area contributed by atoms with E-state index in [0.717, 1.165) is 36.8 Å². The van der Waals surface area contributed by atoms with Crippen LogP contribution in [0.15, 0.2) is 12.3 Å². The second-order valence-corrected chi connectivity index (χ2v) is 8.12. The third-order valence-electron chi connectivity index (χ3n) is 3.79. The Morgan fingerprint density at radius 3 is 3.00 bits per heavy atom. The van der Waals surface area contributed by atoms with E-state index in [1.807, 2.05) is 11.8 Å². The van der Waals surface area contributed by atoms with Gasteiger partial charge in [-0.25, -0.2) is 9.37 Å². The summed E-state index contributed by atoms with van der Waals surface area (Å²) in [6, 6.07) is 2.26. The van der Waals surface area contributed by atoms with Crippen molar-refractivity contribution in [3.05, 3.63) is 23.6 Å². The molecule has 1 aromatic rings. The molecule has 0 spiro atoms. The zero-order valence-corrected chi connectivity index (χ0v) is 13.0. The lowest BCUT2D eigenvalue weighted by Gasteiger charge is -2.39. The second-order valence-electron chi connectivity index (χ2n) is 6.32. The van der Waals surface area contributed by atoms with Crippen LogP contribution in [0.4, 0.5) is 10.2 Å². The van der Waals surface area contributed by atoms with Gasteiger partial charge in [-0.15, -0.1) is 0 Å². The van der Waals surface area contributed by atoms with Gasteiger partial charge < -0.3 is 10.2 Å². The van der Waals surface area contributed by atoms with E-state index < -0.39 is 0 Å². The maximum Gasteiger partial charge on any atom is 0.141 e. The predicted octanol–water partition coefficient (Wildman–Crippen LogP) is 2.80. The Kier molecular flexibility index (Phi) is 3.91. The van der Waals surface area contributed by atoms with Crippen molar-refractivity contribution in [3.8, 4) is 0 Å². The Labute approximate surface area is 124 Å². The molecule has 1 N–H and O–H groups in total. The van der Waals surface area contributed by atoms with Gasteiger partial charge in [0, 0.05) is 41.7 Å². The van der Waals surface area contributed by atoms with E-state index in [2.05, 4.69) is 29.0 Å². The molecule has 5 heteroatoms. The van der Waals surface area contributed by atoms with Crippen LogP contribution < -0.4 is 10.2 Å². The number of halogens is 1. The molecule has 0 aromatic carbocycles. The van der Waals surface area contributed by atoms with Crippen molar-refractivity contribution in [2.45, 2.75) is 44.0 Å². The molecule has 2 heterocycles. The summed E-state index contributed by atoms with van der Waals surface area (Å²) in [6.07, 6.45) is 3.82. The molecule has 1 saturated heterocycles. The Morgan fingerprint density at radius 2 is 2.30 bits per heavy atom. The van der Waals surface area contributed by atoms with Gasteiger partial charge in [0.05, 0.1) is 6.20 Å². The first-order valence-corrected chi connectivity index (χ1v) is 8.29. The van der Waals surface area contributed by atoms with Gasteiger partial charge in [0.15, 0.2) is 0 Å². The molecule has 3 rings (SSSR count). The Bertz CT molecular complexity index is 488. The van der Waals surface area contributed by atoms with E-state index in [1.54, 1.807) is 6.07 Å². The van der Waals surface area contributed by atoms with E-state index >= 15 is 0 Å². The predicted molar refractivity (Wildman–Crippen MR) is 82.8 cm³/mol. The number of hydrogen-bond acceptors (Lipinski definition) is 4. The van der Waals surface area contributed by atoms with Crippen LogP contribution in [0, 0.1) is 5.82 Å². The van der Waals surface area contributed by atoms with Gasteiger partial charge in [-0.3, -0.25) is 0 Å². The van der Waals surface area contributed by atoms with Crippen LogP contribution in [-0.4, -0.2) is 34.6 Å². The summed E-state index contributed by atoms with van der Waals surface area (Å²) in [5, 5.41) is 3.46. The second kappa shape index (κ2) is 5.53. The summed E-state index contributed by atoms with van der Waals surface area (Å²) < 4.78 is 13.7. The summed E-state index contributed by atoms with van der Waals surface area (Å²) in [6.45, 7) is 7.19. The molecule has 1 saturated carbocycles. The fourth-order valence-corrected chi connectivity index (χ4v) is 3.74. The molecule has 0 atom stereocenters. The molecule has 0 radical (unpaired) electrons. The van der Waals surface area contributed by atoms with Crippen LogP contribution in [0.3, 0.4) is 0 Å². The van der Waals surface area contributed by atoms with Crippen LogP contribution in [0.5, 0.6) is 0 Å². The highest BCUT2D eigenvalue weighted by Gasteiger charge is 2.29. The van der Waals surface area contributed by atoms with Crippen molar-refractivity contribution in [2.24, 2.45) is 0 Å². The summed E-state index contributed by atoms with van der Waals surface area (Å²) >= 11 is 2.00. The fraction of sp³-hybridized carbons (Fsp3) is 0.667. The highest BCUT2D eigenvalue weighted by Crippen LogP contribution is 2.33. The van der Waals surface area contributed by atoms with Gasteiger partial charge in [0.1, 0.15) is 11.6 Å². The van der Waals surface area contributed by atoms with Crippen molar-refractivity contribution < 1.29 is 4.39 Å². The molecule has 0 amide bonds. The standard InChI is InChI=1S/C15H22FN3S/c1-15(2)10-19(5-6-20-15)14-11(7-12(16)9-18-14)8-17-13-3-4-13/h7,9,13,17H,3-6,8,10H2,1-2H3. The lowest BCUT2D eigenvalue weighted by atomic mass is 10.1. The topological polar surface area (TPSA) is 28.2 Å². The van der Waals surface area contributed by atoms with Crippen LogP contribution in [-0.2, 0) is 6.54 Å². The Balaban J connectivity index is 1.79. The lowest BCUT2D eigenvalue weighted by Crippen LogP contribution is -2.44. The third kappa shape index (κ3) is 3.44. The monoisotopic (exact) mass is 295 g/mol. The molecular formula is C15H22FN3S. The highest BCUT2D eigenvalue weighted by atomic mass is 32.2. The number of nitrogens with zero attached hydrogens (tertiary/aromatic N) is 2. The molecule has 2 fully saturated rings. The van der Waals surface area contributed by atoms with E-state index in [4.69, 9.17) is 0 Å². The molecule has 3 nitrogen and oxygen atoms in total. The lowest BCUT2D eigenvalue weighted by molar-refractivity contribution is 0.602. The van der Waals surface area contributed by atoms with E-state index in [0.29, 0.717) is 6.04 Å². The maximum atomic E-state index is 13.5. The smallest absolute Gasteiger partial charge is 0.141 e. The Morgan fingerprint density at radius 1 is 1.50 bits per heavy atom. The van der Waals surface area contributed by atoms with E-state index in [1.165, 1.54) is 19.0 Å². The van der Waals surface area contributed by atoms with Crippen molar-refractivity contribution >= 4 is 17.6 Å². The van der Waals surface area contributed by atoms with Gasteiger partial charge >= 0.3 is 0 Å². The summed E-state index contributed by atoms with van der Waals surface area (Å²) in [5.74, 6) is 1.81. The van der Waals surface area contributed by atoms with Gasteiger partial charge in [0.2, 0.25) is 0 Å². The molecular weight excluding hydrogens is 273 g/mol. The van der Waals surface area contributed by atoms with Crippen LogP contribution >= 0.6 is 11.8 Å². The quantitative estimate of drug-likeness (QED) is 0.924. The Hall–Kier alpha value is -0.810. The minimum absolute atomic E-state index is 0.232. The molecule has 20 heavy (non-hydrogen) atoms. The van der Waals surface area contributed by atoms with Gasteiger partial charge in [-0.2, -0.15) is 11.8 Å². The van der Waals surface area contributed by atoms with Gasteiger partial charge in [-0.1, -0.05) is 0 Å². The maximum absolute atomic E-state index is 13.5. The number of nitrogens with one attached hydrogen (secondary N) is 1. The van der Waals surface area contributed by atoms with Gasteiger partial charge in [0.25, 0.3) is 0 Å². The van der Waals surface area contributed by atoms with Crippen LogP contribution in [0.25, 0.3) is 0 Å².